The molecule has 9 heteroatoms. The van der Waals surface area contributed by atoms with Gasteiger partial charge in [-0.1, -0.05) is 26.7 Å². The Labute approximate surface area is 184 Å². The summed E-state index contributed by atoms with van der Waals surface area (Å²) in [4.78, 5) is 41.5. The summed E-state index contributed by atoms with van der Waals surface area (Å²) in [5.74, 6) is -4.94. The molecule has 29 heavy (non-hydrogen) atoms. The van der Waals surface area contributed by atoms with Gasteiger partial charge in [-0.15, -0.1) is 0 Å². The van der Waals surface area contributed by atoms with Crippen molar-refractivity contribution >= 4 is 23.5 Å². The number of Topliss-reactive ketones (excluding diaryl/α,β-unsaturated/α-hetero) is 2. The molecule has 0 amide bonds. The third-order valence-electron chi connectivity index (χ3n) is 3.27. The van der Waals surface area contributed by atoms with Crippen molar-refractivity contribution in [2.24, 2.45) is 11.8 Å². The van der Waals surface area contributed by atoms with Gasteiger partial charge in [0, 0.05) is 0 Å². The Bertz CT molecular complexity index is 407. The van der Waals surface area contributed by atoms with Gasteiger partial charge in [-0.3, -0.25) is 9.59 Å². The first-order valence-electron chi connectivity index (χ1n) is 9.80. The molecule has 0 aromatic carbocycles. The molecule has 0 aliphatic carbocycles. The Balaban J connectivity index is -0.000000350. The van der Waals surface area contributed by atoms with E-state index in [1.165, 1.54) is 13.8 Å². The monoisotopic (exact) mass is 452 g/mol. The molecule has 0 spiro atoms. The summed E-state index contributed by atoms with van der Waals surface area (Å²) in [6.07, 6.45) is 2.80. The fourth-order valence-electron chi connectivity index (χ4n) is 1.77. The van der Waals surface area contributed by atoms with Crippen LogP contribution in [0.2, 0.25) is 0 Å². The van der Waals surface area contributed by atoms with Gasteiger partial charge in [0.05, 0.1) is 23.8 Å². The molecular weight excluding hydrogens is 416 g/mol. The molecule has 168 valence electrons. The van der Waals surface area contributed by atoms with Crippen LogP contribution in [0, 0.1) is 11.8 Å². The molecule has 0 rings (SSSR count). The molecule has 0 bridgehead atoms. The molecule has 0 aromatic heterocycles. The summed E-state index contributed by atoms with van der Waals surface area (Å²) in [7, 11) is 0. The third kappa shape index (κ3) is 23.1. The van der Waals surface area contributed by atoms with Crippen molar-refractivity contribution in [1.82, 2.24) is 0 Å². The Morgan fingerprint density at radius 1 is 0.724 bits per heavy atom. The van der Waals surface area contributed by atoms with Crippen LogP contribution < -0.4 is 10.2 Å². The second-order valence-electron chi connectivity index (χ2n) is 6.96. The van der Waals surface area contributed by atoms with Crippen molar-refractivity contribution in [3.8, 4) is 0 Å². The Morgan fingerprint density at radius 2 is 1.00 bits per heavy atom. The van der Waals surface area contributed by atoms with Gasteiger partial charge in [0.1, 0.15) is 11.6 Å². The third-order valence-corrected chi connectivity index (χ3v) is 5.05. The van der Waals surface area contributed by atoms with E-state index in [1.807, 2.05) is 41.5 Å². The van der Waals surface area contributed by atoms with Gasteiger partial charge in [-0.05, 0) is 26.7 Å². The van der Waals surface area contributed by atoms with Crippen LogP contribution in [0.25, 0.3) is 0 Å². The van der Waals surface area contributed by atoms with Crippen molar-refractivity contribution < 1.29 is 56.0 Å². The average molecular weight is 452 g/mol. The normalized spacial score (nSPS) is 11.9. The number of carbonyl (C=O) groups excluding carboxylic acids is 4. The van der Waals surface area contributed by atoms with E-state index >= 15 is 0 Å². The number of carboxylic acids is 2. The Hall–Kier alpha value is -1.09. The average Bonchev–Trinajstić information content (AvgIpc) is 2.56. The van der Waals surface area contributed by atoms with Crippen LogP contribution in [0.4, 0.5) is 0 Å². The maximum absolute atomic E-state index is 10.6. The second-order valence-corrected chi connectivity index (χ2v) is 7.95. The zero-order valence-corrected chi connectivity index (χ0v) is 20.5. The number of ketones is 2. The van der Waals surface area contributed by atoms with E-state index in [4.69, 9.17) is 6.64 Å². The molecule has 0 aromatic rings. The van der Waals surface area contributed by atoms with Crippen LogP contribution >= 0.6 is 0 Å². The Morgan fingerprint density at radius 3 is 1.10 bits per heavy atom. The first-order valence-corrected chi connectivity index (χ1v) is 11.1. The first-order chi connectivity index (χ1) is 13.3. The van der Waals surface area contributed by atoms with E-state index in [-0.39, 0.29) is 11.6 Å². The molecular formula is C20H36O8Ti. The molecule has 0 saturated carbocycles. The van der Waals surface area contributed by atoms with E-state index in [2.05, 4.69) is 0 Å². The van der Waals surface area contributed by atoms with Crippen LogP contribution in [-0.4, -0.2) is 35.7 Å². The minimum absolute atomic E-state index is 0.318. The molecule has 2 unspecified atom stereocenters. The number of carboxylic acid groups (broad SMARTS) is 2. The topological polar surface area (TPSA) is 133 Å². The molecule has 0 aliphatic heterocycles. The van der Waals surface area contributed by atoms with E-state index in [9.17, 15) is 29.4 Å². The summed E-state index contributed by atoms with van der Waals surface area (Å²) in [6, 6.07) is 0. The number of carbonyl (C=O) groups is 4. The van der Waals surface area contributed by atoms with Gasteiger partial charge in [-0.2, -0.15) is 0 Å². The second kappa shape index (κ2) is 20.2. The molecule has 0 radical (unpaired) electrons. The van der Waals surface area contributed by atoms with E-state index in [0.717, 1.165) is 0 Å². The quantitative estimate of drug-likeness (QED) is 0.319. The summed E-state index contributed by atoms with van der Waals surface area (Å²) >= 11 is -0.574. The Kier molecular flexibility index (Phi) is 22.7. The predicted molar refractivity (Wildman–Crippen MR) is 101 cm³/mol. The van der Waals surface area contributed by atoms with E-state index in [1.54, 1.807) is 0 Å². The van der Waals surface area contributed by atoms with Gasteiger partial charge in [0.2, 0.25) is 0 Å². The summed E-state index contributed by atoms with van der Waals surface area (Å²) in [6.45, 7) is 14.3. The maximum atomic E-state index is 10.6. The minimum atomic E-state index is -1.26. The van der Waals surface area contributed by atoms with Gasteiger partial charge >= 0.3 is 66.5 Å². The van der Waals surface area contributed by atoms with E-state index in [0.29, 0.717) is 37.9 Å². The number of rotatable bonds is 12. The van der Waals surface area contributed by atoms with Crippen molar-refractivity contribution in [2.45, 2.75) is 93.3 Å². The number of hydrogen-bond acceptors (Lipinski definition) is 8. The maximum Gasteiger partial charge on any atom is 0.138 e. The van der Waals surface area contributed by atoms with Crippen molar-refractivity contribution in [3.63, 3.8) is 0 Å². The van der Waals surface area contributed by atoms with Crippen molar-refractivity contribution in [2.75, 3.05) is 0 Å². The molecule has 0 heterocycles. The van der Waals surface area contributed by atoms with Gasteiger partial charge < -0.3 is 19.8 Å². The smallest absolute Gasteiger partial charge is 0.138 e. The standard InChI is InChI=1S/2C7H12O3.2C3H7O.Ti/c2*1-3-4-6(5(2)8)7(9)10;2*1-3(2)4;/h2*6H,3-4H2,1-2H3,(H,9,10);2*3H,1-2H3;/q;;2*-1;+4/p-2. The fraction of sp³-hybridized carbons (Fsp3) is 0.800. The zero-order valence-electron chi connectivity index (χ0n) is 18.9. The summed E-state index contributed by atoms with van der Waals surface area (Å²) in [5, 5.41) is 20.4. The predicted octanol–water partition coefficient (Wildman–Crippen LogP) is 1.23. The van der Waals surface area contributed by atoms with Crippen LogP contribution in [-0.2, 0) is 45.7 Å². The number of hydrogen-bond donors (Lipinski definition) is 0. The summed E-state index contributed by atoms with van der Waals surface area (Å²) < 4.78 is 10.5. The van der Waals surface area contributed by atoms with Gasteiger partial charge in [0.15, 0.2) is 0 Å². The van der Waals surface area contributed by atoms with Crippen molar-refractivity contribution in [3.05, 3.63) is 0 Å². The SMILES string of the molecule is CC(C)[O][Ti+2][O]C(C)C.CCCC(C(C)=O)C(=O)[O-].CCCC(C(C)=O)C(=O)[O-]. The molecule has 8 nitrogen and oxygen atoms in total. The molecule has 0 saturated heterocycles. The van der Waals surface area contributed by atoms with Gasteiger partial charge in [0.25, 0.3) is 0 Å². The molecule has 0 N–H and O–H groups in total. The largest absolute Gasteiger partial charge is 0.549 e. The summed E-state index contributed by atoms with van der Waals surface area (Å²) in [5.41, 5.74) is 0. The molecule has 0 fully saturated rings. The van der Waals surface area contributed by atoms with Gasteiger partial charge in [-0.25, -0.2) is 0 Å². The number of aliphatic carboxylic acids is 2. The van der Waals surface area contributed by atoms with Crippen LogP contribution in [0.15, 0.2) is 0 Å². The molecule has 0 aliphatic rings. The van der Waals surface area contributed by atoms with E-state index < -0.39 is 43.7 Å². The molecule has 2 atom stereocenters. The fourth-order valence-corrected chi connectivity index (χ4v) is 2.46. The van der Waals surface area contributed by atoms with Crippen LogP contribution in [0.3, 0.4) is 0 Å². The zero-order chi connectivity index (χ0) is 23.6. The van der Waals surface area contributed by atoms with Crippen molar-refractivity contribution in [1.29, 1.82) is 0 Å². The van der Waals surface area contributed by atoms with Crippen LogP contribution in [0.5, 0.6) is 0 Å². The minimum Gasteiger partial charge on any atom is -0.549 e. The van der Waals surface area contributed by atoms with Crippen LogP contribution in [0.1, 0.15) is 81.1 Å². The first kappa shape index (κ1) is 32.6.